The van der Waals surface area contributed by atoms with E-state index >= 15 is 0 Å². The Hall–Kier alpha value is -2.03. The highest BCUT2D eigenvalue weighted by Crippen LogP contribution is 2.42. The molecule has 0 saturated heterocycles. The Morgan fingerprint density at radius 2 is 1.61 bits per heavy atom. The Kier molecular flexibility index (Phi) is 3.51. The molecule has 0 aliphatic rings. The molecule has 0 unspecified atom stereocenters. The van der Waals surface area contributed by atoms with E-state index in [9.17, 15) is 0 Å². The van der Waals surface area contributed by atoms with Gasteiger partial charge in [0.25, 0.3) is 0 Å². The van der Waals surface area contributed by atoms with E-state index in [1.54, 1.807) is 0 Å². The van der Waals surface area contributed by atoms with Gasteiger partial charge in [0, 0.05) is 31.7 Å². The first kappa shape index (κ1) is 14.6. The molecule has 2 N–H and O–H groups in total. The number of rotatable bonds is 1. The van der Waals surface area contributed by atoms with E-state index in [2.05, 4.69) is 58.4 Å². The fraction of sp³-hybridized carbons (Fsp3) is 0. The highest BCUT2D eigenvalue weighted by atomic mass is 79.9. The number of benzene rings is 4. The molecule has 0 heterocycles. The van der Waals surface area contributed by atoms with Gasteiger partial charge in [-0.1, -0.05) is 63.9 Å². The van der Waals surface area contributed by atoms with E-state index in [1.165, 1.54) is 16.2 Å². The van der Waals surface area contributed by atoms with E-state index in [0.717, 1.165) is 26.7 Å². The van der Waals surface area contributed by atoms with Gasteiger partial charge in [-0.2, -0.15) is 0 Å². The minimum absolute atomic E-state index is 0.683. The standard InChI is InChI=1S/C20H13BrClN/c21-17-7-3-5-13-10-12-4-1-2-6-15(12)20(19(13)17)16-11-14(22)8-9-18(16)23/h1-11H,23H2. The minimum atomic E-state index is 0.683. The molecule has 3 heteroatoms. The zero-order valence-corrected chi connectivity index (χ0v) is 14.5. The van der Waals surface area contributed by atoms with Crippen LogP contribution in [0.2, 0.25) is 5.02 Å². The molecule has 4 aromatic rings. The molecule has 4 rings (SSSR count). The zero-order chi connectivity index (χ0) is 16.0. The van der Waals surface area contributed by atoms with Gasteiger partial charge in [0.05, 0.1) is 0 Å². The summed E-state index contributed by atoms with van der Waals surface area (Å²) in [5, 5.41) is 5.36. The smallest absolute Gasteiger partial charge is 0.0413 e. The summed E-state index contributed by atoms with van der Waals surface area (Å²) < 4.78 is 1.05. The summed E-state index contributed by atoms with van der Waals surface area (Å²) in [6.07, 6.45) is 0. The number of fused-ring (bicyclic) bond motifs is 2. The maximum atomic E-state index is 6.28. The van der Waals surface area contributed by atoms with Gasteiger partial charge in [-0.15, -0.1) is 0 Å². The third kappa shape index (κ3) is 2.39. The molecule has 0 fully saturated rings. The van der Waals surface area contributed by atoms with Crippen molar-refractivity contribution in [3.63, 3.8) is 0 Å². The summed E-state index contributed by atoms with van der Waals surface area (Å²) in [7, 11) is 0. The molecule has 112 valence electrons. The second-order valence-electron chi connectivity index (χ2n) is 5.54. The predicted octanol–water partition coefficient (Wildman–Crippen LogP) is 6.66. The van der Waals surface area contributed by atoms with Crippen molar-refractivity contribution in [2.24, 2.45) is 0 Å². The van der Waals surface area contributed by atoms with E-state index in [1.807, 2.05) is 24.3 Å². The molecule has 0 aromatic heterocycles. The number of hydrogen-bond acceptors (Lipinski definition) is 1. The third-order valence-electron chi connectivity index (χ3n) is 4.12. The Balaban J connectivity index is 2.28. The van der Waals surface area contributed by atoms with Crippen molar-refractivity contribution in [3.8, 4) is 11.1 Å². The monoisotopic (exact) mass is 381 g/mol. The van der Waals surface area contributed by atoms with Gasteiger partial charge < -0.3 is 5.73 Å². The molecular weight excluding hydrogens is 370 g/mol. The van der Waals surface area contributed by atoms with Crippen LogP contribution in [-0.4, -0.2) is 0 Å². The zero-order valence-electron chi connectivity index (χ0n) is 12.2. The molecule has 0 aliphatic heterocycles. The van der Waals surface area contributed by atoms with Crippen molar-refractivity contribution in [3.05, 3.63) is 76.2 Å². The van der Waals surface area contributed by atoms with Gasteiger partial charge in [-0.3, -0.25) is 0 Å². The van der Waals surface area contributed by atoms with Crippen LogP contribution >= 0.6 is 27.5 Å². The van der Waals surface area contributed by atoms with Crippen molar-refractivity contribution in [1.82, 2.24) is 0 Å². The van der Waals surface area contributed by atoms with Crippen molar-refractivity contribution in [1.29, 1.82) is 0 Å². The van der Waals surface area contributed by atoms with Crippen molar-refractivity contribution in [2.75, 3.05) is 5.73 Å². The van der Waals surface area contributed by atoms with E-state index < -0.39 is 0 Å². The molecule has 0 amide bonds. The molecular formula is C20H13BrClN. The van der Waals surface area contributed by atoms with Crippen LogP contribution in [0.15, 0.2) is 71.2 Å². The van der Waals surface area contributed by atoms with E-state index in [0.29, 0.717) is 5.02 Å². The lowest BCUT2D eigenvalue weighted by Crippen LogP contribution is -1.93. The Morgan fingerprint density at radius 3 is 2.48 bits per heavy atom. The fourth-order valence-corrected chi connectivity index (χ4v) is 3.85. The highest BCUT2D eigenvalue weighted by molar-refractivity contribution is 9.10. The first-order valence-electron chi connectivity index (χ1n) is 7.30. The second kappa shape index (κ2) is 5.55. The average Bonchev–Trinajstić information content (AvgIpc) is 2.55. The lowest BCUT2D eigenvalue weighted by Gasteiger charge is -2.15. The first-order valence-corrected chi connectivity index (χ1v) is 8.47. The predicted molar refractivity (Wildman–Crippen MR) is 104 cm³/mol. The summed E-state index contributed by atoms with van der Waals surface area (Å²) in [4.78, 5) is 0. The van der Waals surface area contributed by atoms with E-state index in [-0.39, 0.29) is 0 Å². The number of halogens is 2. The highest BCUT2D eigenvalue weighted by Gasteiger charge is 2.14. The summed E-state index contributed by atoms with van der Waals surface area (Å²) >= 11 is 9.94. The first-order chi connectivity index (χ1) is 11.1. The van der Waals surface area contributed by atoms with Gasteiger partial charge in [0.1, 0.15) is 0 Å². The average molecular weight is 383 g/mol. The number of anilines is 1. The van der Waals surface area contributed by atoms with Gasteiger partial charge in [-0.25, -0.2) is 0 Å². The van der Waals surface area contributed by atoms with Crippen molar-refractivity contribution >= 4 is 54.8 Å². The minimum Gasteiger partial charge on any atom is -0.398 e. The summed E-state index contributed by atoms with van der Waals surface area (Å²) in [5.74, 6) is 0. The molecule has 0 radical (unpaired) electrons. The largest absolute Gasteiger partial charge is 0.398 e. The van der Waals surface area contributed by atoms with Crippen molar-refractivity contribution in [2.45, 2.75) is 0 Å². The van der Waals surface area contributed by atoms with Crippen LogP contribution in [0, 0.1) is 0 Å². The lowest BCUT2D eigenvalue weighted by atomic mass is 9.91. The number of hydrogen-bond donors (Lipinski definition) is 1. The summed E-state index contributed by atoms with van der Waals surface area (Å²) in [5.41, 5.74) is 9.08. The molecule has 0 aliphatic carbocycles. The van der Waals surface area contributed by atoms with Crippen LogP contribution in [0.4, 0.5) is 5.69 Å². The normalized spacial score (nSPS) is 11.2. The van der Waals surface area contributed by atoms with Crippen LogP contribution in [0.5, 0.6) is 0 Å². The quantitative estimate of drug-likeness (QED) is 0.289. The molecule has 0 spiro atoms. The van der Waals surface area contributed by atoms with Gasteiger partial charge >= 0.3 is 0 Å². The topological polar surface area (TPSA) is 26.0 Å². The molecule has 23 heavy (non-hydrogen) atoms. The maximum absolute atomic E-state index is 6.28. The Morgan fingerprint density at radius 1 is 0.826 bits per heavy atom. The summed E-state index contributed by atoms with van der Waals surface area (Å²) in [6.45, 7) is 0. The Labute approximate surface area is 147 Å². The summed E-state index contributed by atoms with van der Waals surface area (Å²) in [6, 6.07) is 22.4. The molecule has 0 bridgehead atoms. The number of nitrogens with two attached hydrogens (primary N) is 1. The van der Waals surface area contributed by atoms with Gasteiger partial charge in [0.15, 0.2) is 0 Å². The van der Waals surface area contributed by atoms with Crippen LogP contribution in [-0.2, 0) is 0 Å². The van der Waals surface area contributed by atoms with Crippen LogP contribution in [0.3, 0.4) is 0 Å². The van der Waals surface area contributed by atoms with Crippen LogP contribution in [0.25, 0.3) is 32.7 Å². The lowest BCUT2D eigenvalue weighted by molar-refractivity contribution is 1.64. The SMILES string of the molecule is Nc1ccc(Cl)cc1-c1c2ccccc2cc2cccc(Br)c12. The molecule has 1 nitrogen and oxygen atoms in total. The van der Waals surface area contributed by atoms with Crippen LogP contribution in [0.1, 0.15) is 0 Å². The Bertz CT molecular complexity index is 1060. The van der Waals surface area contributed by atoms with Gasteiger partial charge in [0.2, 0.25) is 0 Å². The van der Waals surface area contributed by atoms with Gasteiger partial charge in [-0.05, 0) is 46.5 Å². The second-order valence-corrected chi connectivity index (χ2v) is 6.83. The number of nitrogen functional groups attached to an aromatic ring is 1. The molecule has 0 atom stereocenters. The van der Waals surface area contributed by atoms with E-state index in [4.69, 9.17) is 17.3 Å². The third-order valence-corrected chi connectivity index (χ3v) is 5.02. The van der Waals surface area contributed by atoms with Crippen LogP contribution < -0.4 is 5.73 Å². The molecule has 4 aromatic carbocycles. The maximum Gasteiger partial charge on any atom is 0.0413 e. The fourth-order valence-electron chi connectivity index (χ4n) is 3.10. The molecule has 0 saturated carbocycles. The van der Waals surface area contributed by atoms with Crippen molar-refractivity contribution < 1.29 is 0 Å².